The summed E-state index contributed by atoms with van der Waals surface area (Å²) in [6, 6.07) is 4.60. The fourth-order valence-electron chi connectivity index (χ4n) is 10.1. The number of aldehydes is 1. The lowest BCUT2D eigenvalue weighted by Crippen LogP contribution is -2.65. The van der Waals surface area contributed by atoms with E-state index >= 15 is 0 Å². The number of benzene rings is 1. The number of nitro groups is 1. The van der Waals surface area contributed by atoms with Crippen molar-refractivity contribution < 1.29 is 90.6 Å². The van der Waals surface area contributed by atoms with Crippen molar-refractivity contribution in [2.75, 3.05) is 34.9 Å². The lowest BCUT2D eigenvalue weighted by atomic mass is 9.79. The summed E-state index contributed by atoms with van der Waals surface area (Å²) >= 11 is 0. The molecule has 0 N–H and O–H groups in total. The molecule has 3 heterocycles. The highest BCUT2D eigenvalue weighted by Gasteiger charge is 2.52. The van der Waals surface area contributed by atoms with Crippen LogP contribution in [0, 0.1) is 33.8 Å². The Morgan fingerprint density at radius 2 is 1.41 bits per heavy atom. The monoisotopic (exact) mass is 1100 g/mol. The zero-order chi connectivity index (χ0) is 58.0. The van der Waals surface area contributed by atoms with E-state index < -0.39 is 145 Å². The Bertz CT molecular complexity index is 2330. The van der Waals surface area contributed by atoms with Gasteiger partial charge >= 0.3 is 29.8 Å². The van der Waals surface area contributed by atoms with E-state index in [1.165, 1.54) is 77.5 Å². The summed E-state index contributed by atoms with van der Waals surface area (Å²) in [5.74, 6) is -6.91. The van der Waals surface area contributed by atoms with Gasteiger partial charge in [0.05, 0.1) is 42.3 Å². The molecule has 22 nitrogen and oxygen atoms in total. The van der Waals surface area contributed by atoms with Gasteiger partial charge in [0, 0.05) is 71.0 Å². The van der Waals surface area contributed by atoms with Gasteiger partial charge in [-0.05, 0) is 96.0 Å². The Hall–Kier alpha value is -6.01. The van der Waals surface area contributed by atoms with E-state index in [-0.39, 0.29) is 37.3 Å². The van der Waals surface area contributed by atoms with Crippen molar-refractivity contribution in [2.24, 2.45) is 23.7 Å². The predicted molar refractivity (Wildman–Crippen MR) is 280 cm³/mol. The van der Waals surface area contributed by atoms with Crippen LogP contribution in [0.15, 0.2) is 66.3 Å². The topological polar surface area (TPSA) is 267 Å². The normalized spacial score (nSPS) is 33.6. The third kappa shape index (κ3) is 18.6. The molecular formula is C56H78N2O20. The zero-order valence-electron chi connectivity index (χ0n) is 46.8. The molecule has 0 amide bonds. The van der Waals surface area contributed by atoms with E-state index in [9.17, 15) is 43.7 Å². The molecule has 1 aromatic rings. The second-order valence-corrected chi connectivity index (χ2v) is 20.1. The van der Waals surface area contributed by atoms with Crippen LogP contribution in [0.2, 0.25) is 0 Å². The highest BCUT2D eigenvalue weighted by Crippen LogP contribution is 2.38. The lowest BCUT2D eigenvalue weighted by molar-refractivity contribution is -0.384. The average Bonchev–Trinajstić information content (AvgIpc) is 3.38. The number of carbonyl (C=O) groups excluding carboxylic acids is 7. The van der Waals surface area contributed by atoms with E-state index in [0.717, 1.165) is 6.08 Å². The van der Waals surface area contributed by atoms with Crippen molar-refractivity contribution in [3.05, 3.63) is 82.0 Å². The predicted octanol–water partition coefficient (Wildman–Crippen LogP) is 6.00. The van der Waals surface area contributed by atoms with Crippen LogP contribution in [0.4, 0.5) is 5.69 Å². The van der Waals surface area contributed by atoms with Crippen molar-refractivity contribution in [2.45, 2.75) is 168 Å². The number of carbonyl (C=O) groups is 7. The van der Waals surface area contributed by atoms with Gasteiger partial charge in [-0.2, -0.15) is 0 Å². The highest BCUT2D eigenvalue weighted by molar-refractivity contribution is 5.92. The molecule has 0 saturated carbocycles. The van der Waals surface area contributed by atoms with Crippen LogP contribution in [0.25, 0.3) is 6.08 Å². The summed E-state index contributed by atoms with van der Waals surface area (Å²) in [6.07, 6.45) is -1.24. The minimum Gasteiger partial charge on any atom is -0.462 e. The average molecular weight is 1100 g/mol. The first-order chi connectivity index (χ1) is 36.9. The van der Waals surface area contributed by atoms with Crippen LogP contribution in [0.3, 0.4) is 0 Å². The smallest absolute Gasteiger partial charge is 0.331 e. The van der Waals surface area contributed by atoms with Gasteiger partial charge in [0.2, 0.25) is 0 Å². The molecule has 17 atom stereocenters. The first-order valence-electron chi connectivity index (χ1n) is 26.1. The van der Waals surface area contributed by atoms with Crippen LogP contribution in [-0.2, 0) is 85.7 Å². The van der Waals surface area contributed by atoms with Gasteiger partial charge in [0.15, 0.2) is 30.6 Å². The van der Waals surface area contributed by atoms with Gasteiger partial charge < -0.3 is 52.1 Å². The largest absolute Gasteiger partial charge is 0.462 e. The fraction of sp³-hybridized carbons (Fsp3) is 0.625. The van der Waals surface area contributed by atoms with Crippen LogP contribution in [0.1, 0.15) is 93.6 Å². The number of nitro benzene ring substituents is 1. The van der Waals surface area contributed by atoms with E-state index in [1.807, 2.05) is 6.08 Å². The molecule has 2 saturated heterocycles. The fourth-order valence-corrected chi connectivity index (χ4v) is 10.1. The minimum atomic E-state index is -1.39. The molecule has 4 rings (SSSR count). The molecule has 22 heteroatoms. The molecule has 3 aliphatic heterocycles. The minimum absolute atomic E-state index is 0.110. The maximum Gasteiger partial charge on any atom is 0.331 e. The zero-order valence-corrected chi connectivity index (χ0v) is 46.8. The second kappa shape index (κ2) is 31.0. The number of cyclic esters (lactones) is 1. The first-order valence-corrected chi connectivity index (χ1v) is 26.1. The lowest BCUT2D eigenvalue weighted by Gasteiger charge is -2.48. The molecule has 0 unspecified atom stereocenters. The van der Waals surface area contributed by atoms with Gasteiger partial charge in [0.1, 0.15) is 36.8 Å². The standard InChI is InChI=1S/C56H78N2O20/c1-14-44-41(30-70-55-54(69-13)53(68-12)51(35(6)71-55)74-37(8)61)27-31(2)18-24-43(63)32(3)28-40(17-15-16-26-59)49(78-56-52(75-38(9)62)48(57(10)11)50(34(5)72-56)73-36(7)60)33(4)45(29-47(65)76-44)77-46(64)25-21-39-19-22-42(23-20-39)58(66)67/h15-16,18-27,32-35,40-41,44-45,48-56H,14,17,28-30H2,1-13H3/b16-15+,24-18+,25-21+,31-27+/t32-,33+,34+,35-,40+,41-,44-,45-,48-,49-,50+,51-,52+,53-,54-,55-,56-/m1/s1. The van der Waals surface area contributed by atoms with E-state index in [0.29, 0.717) is 17.4 Å². The Labute approximate surface area is 456 Å². The number of hydrogen-bond acceptors (Lipinski definition) is 21. The van der Waals surface area contributed by atoms with E-state index in [1.54, 1.807) is 72.7 Å². The number of hydrogen-bond donors (Lipinski definition) is 0. The number of methoxy groups -OCH3 is 2. The number of allylic oxidation sites excluding steroid dienone is 5. The third-order valence-electron chi connectivity index (χ3n) is 13.9. The number of non-ortho nitro benzene ring substituents is 1. The molecule has 0 aliphatic carbocycles. The van der Waals surface area contributed by atoms with Gasteiger partial charge in [-0.3, -0.25) is 43.8 Å². The summed E-state index contributed by atoms with van der Waals surface area (Å²) in [4.78, 5) is 104. The summed E-state index contributed by atoms with van der Waals surface area (Å²) < 4.78 is 67.3. The molecule has 432 valence electrons. The first kappa shape index (κ1) is 64.5. The van der Waals surface area contributed by atoms with Crippen molar-refractivity contribution in [1.82, 2.24) is 4.90 Å². The number of nitrogens with zero attached hydrogens (tertiary/aromatic N) is 2. The van der Waals surface area contributed by atoms with Gasteiger partial charge in [0.25, 0.3) is 5.69 Å². The molecule has 0 aromatic heterocycles. The molecule has 0 radical (unpaired) electrons. The van der Waals surface area contributed by atoms with Crippen molar-refractivity contribution in [1.29, 1.82) is 0 Å². The molecule has 0 bridgehead atoms. The molecule has 78 heavy (non-hydrogen) atoms. The summed E-state index contributed by atoms with van der Waals surface area (Å²) in [7, 11) is 6.30. The maximum atomic E-state index is 14.6. The third-order valence-corrected chi connectivity index (χ3v) is 13.9. The highest BCUT2D eigenvalue weighted by atomic mass is 16.7. The second-order valence-electron chi connectivity index (χ2n) is 20.1. The summed E-state index contributed by atoms with van der Waals surface area (Å²) in [6.45, 7) is 14.0. The molecule has 2 fully saturated rings. The van der Waals surface area contributed by atoms with Crippen LogP contribution in [0.5, 0.6) is 0 Å². The Morgan fingerprint density at radius 1 is 0.808 bits per heavy atom. The van der Waals surface area contributed by atoms with Crippen molar-refractivity contribution >= 4 is 53.7 Å². The summed E-state index contributed by atoms with van der Waals surface area (Å²) in [5, 5.41) is 11.3. The van der Waals surface area contributed by atoms with Crippen LogP contribution < -0.4 is 0 Å². The van der Waals surface area contributed by atoms with Gasteiger partial charge in [-0.1, -0.05) is 44.6 Å². The van der Waals surface area contributed by atoms with E-state index in [2.05, 4.69) is 0 Å². The quantitative estimate of drug-likeness (QED) is 0.0384. The molecule has 3 aliphatic rings. The Balaban J connectivity index is 1.88. The number of esters is 5. The molecule has 0 spiro atoms. The number of ether oxygens (including phenoxy) is 11. The van der Waals surface area contributed by atoms with Crippen LogP contribution >= 0.6 is 0 Å². The van der Waals surface area contributed by atoms with Gasteiger partial charge in [-0.25, -0.2) is 4.79 Å². The number of ketones is 1. The van der Waals surface area contributed by atoms with Crippen LogP contribution in [-0.4, -0.2) is 166 Å². The van der Waals surface area contributed by atoms with E-state index in [4.69, 9.17) is 52.1 Å². The summed E-state index contributed by atoms with van der Waals surface area (Å²) in [5.41, 5.74) is 0.881. The SMILES string of the molecule is CC[C@H]1OC(=O)C[C@@H](OC(=O)/C=C/c2ccc([N+](=O)[O-])cc2)[C@H](C)[C@@H](O[C@H]2O[C@@H](C)[C@H](OC(C)=O)[C@@H](N(C)C)[C@@H]2OC(C)=O)[C@@H](C/C=C/C=O)C[C@@H](C)C(=O)/C=C/C(C)=C/[C@@H]1CO[C@@H]1O[C@H](C)[C@@H](OC(C)=O)[C@@H](OC)[C@H]1OC. The Kier molecular flexibility index (Phi) is 25.6. The number of likely N-dealkylation sites (N-methyl/N-ethyl adjacent to an activating group) is 1. The maximum absolute atomic E-state index is 14.6. The number of rotatable bonds is 19. The molecule has 1 aromatic carbocycles. The van der Waals surface area contributed by atoms with Crippen molar-refractivity contribution in [3.63, 3.8) is 0 Å². The molecular weight excluding hydrogens is 1020 g/mol. The van der Waals surface area contributed by atoms with Crippen molar-refractivity contribution in [3.8, 4) is 0 Å². The Morgan fingerprint density at radius 3 is 1.99 bits per heavy atom. The van der Waals surface area contributed by atoms with Gasteiger partial charge in [-0.15, -0.1) is 0 Å².